The maximum absolute atomic E-state index is 8.94. The van der Waals surface area contributed by atoms with Crippen LogP contribution in [-0.2, 0) is 6.42 Å². The van der Waals surface area contributed by atoms with Gasteiger partial charge in [0.15, 0.2) is 0 Å². The number of allylic oxidation sites excluding steroid dienone is 4. The molecule has 25 heavy (non-hydrogen) atoms. The second-order valence-corrected chi connectivity index (χ2v) is 6.76. The molecule has 1 heterocycles. The van der Waals surface area contributed by atoms with Crippen LogP contribution in [0.1, 0.15) is 57.0 Å². The van der Waals surface area contributed by atoms with Crippen LogP contribution in [0, 0.1) is 18.3 Å². The molecule has 2 aromatic rings. The van der Waals surface area contributed by atoms with Gasteiger partial charge in [0.1, 0.15) is 0 Å². The van der Waals surface area contributed by atoms with Crippen molar-refractivity contribution in [3.63, 3.8) is 0 Å². The molecule has 0 bridgehead atoms. The lowest BCUT2D eigenvalue weighted by Gasteiger charge is -2.07. The van der Waals surface area contributed by atoms with E-state index in [0.29, 0.717) is 5.56 Å². The van der Waals surface area contributed by atoms with Crippen LogP contribution in [0.2, 0.25) is 0 Å². The number of nitriles is 1. The van der Waals surface area contributed by atoms with Gasteiger partial charge in [-0.15, -0.1) is 0 Å². The number of aromatic nitrogens is 2. The van der Waals surface area contributed by atoms with Gasteiger partial charge in [-0.1, -0.05) is 23.3 Å². The Morgan fingerprint density at radius 2 is 1.84 bits per heavy atom. The van der Waals surface area contributed by atoms with Gasteiger partial charge in [0.2, 0.25) is 0 Å². The number of hydrogen-bond donors (Lipinski definition) is 0. The van der Waals surface area contributed by atoms with E-state index in [0.717, 1.165) is 37.1 Å². The predicted molar refractivity (Wildman–Crippen MR) is 104 cm³/mol. The number of hydrogen-bond acceptors (Lipinski definition) is 2. The number of benzene rings is 1. The Balaban J connectivity index is 2.03. The Morgan fingerprint density at radius 3 is 2.48 bits per heavy atom. The fraction of sp³-hybridized carbons (Fsp3) is 0.364. The standard InChI is InChI=1S/C22H27N3/c1-17(2)7-5-8-18(3)9-6-10-22-15-19(4)24-25(22)21-13-11-20(16-23)12-14-21/h7,9,11-15H,5-6,8,10H2,1-4H3/b18-9+. The van der Waals surface area contributed by atoms with E-state index in [9.17, 15) is 0 Å². The van der Waals surface area contributed by atoms with E-state index in [-0.39, 0.29) is 0 Å². The van der Waals surface area contributed by atoms with Crippen LogP contribution in [0.4, 0.5) is 0 Å². The lowest BCUT2D eigenvalue weighted by molar-refractivity contribution is 0.783. The maximum Gasteiger partial charge on any atom is 0.0991 e. The van der Waals surface area contributed by atoms with E-state index in [1.165, 1.54) is 16.8 Å². The summed E-state index contributed by atoms with van der Waals surface area (Å²) in [7, 11) is 0. The molecule has 1 aromatic carbocycles. The summed E-state index contributed by atoms with van der Waals surface area (Å²) in [6.07, 6.45) is 8.85. The third-order valence-corrected chi connectivity index (χ3v) is 4.13. The van der Waals surface area contributed by atoms with E-state index < -0.39 is 0 Å². The SMILES string of the molecule is CC(C)=CCC/C(C)=C/CCc1cc(C)nn1-c1ccc(C#N)cc1. The van der Waals surface area contributed by atoms with E-state index in [2.05, 4.69) is 50.2 Å². The molecule has 0 unspecified atom stereocenters. The van der Waals surface area contributed by atoms with Gasteiger partial charge in [-0.2, -0.15) is 10.4 Å². The fourth-order valence-corrected chi connectivity index (χ4v) is 2.79. The van der Waals surface area contributed by atoms with E-state index >= 15 is 0 Å². The van der Waals surface area contributed by atoms with Gasteiger partial charge in [0, 0.05) is 5.69 Å². The molecule has 0 radical (unpaired) electrons. The van der Waals surface area contributed by atoms with E-state index in [1.54, 1.807) is 0 Å². The molecule has 0 atom stereocenters. The van der Waals surface area contributed by atoms with Crippen molar-refractivity contribution < 1.29 is 0 Å². The number of nitrogens with zero attached hydrogens (tertiary/aromatic N) is 3. The van der Waals surface area contributed by atoms with Gasteiger partial charge in [-0.05, 0) is 83.7 Å². The maximum atomic E-state index is 8.94. The van der Waals surface area contributed by atoms with Crippen molar-refractivity contribution in [3.8, 4) is 11.8 Å². The summed E-state index contributed by atoms with van der Waals surface area (Å²) in [4.78, 5) is 0. The predicted octanol–water partition coefficient (Wildman–Crippen LogP) is 5.68. The smallest absolute Gasteiger partial charge is 0.0991 e. The van der Waals surface area contributed by atoms with Gasteiger partial charge in [0.05, 0.1) is 23.0 Å². The van der Waals surface area contributed by atoms with Gasteiger partial charge in [-0.25, -0.2) is 4.68 Å². The molecule has 0 saturated heterocycles. The normalized spacial score (nSPS) is 11.2. The summed E-state index contributed by atoms with van der Waals surface area (Å²) in [5.41, 5.74) is 6.72. The topological polar surface area (TPSA) is 41.6 Å². The van der Waals surface area contributed by atoms with Crippen LogP contribution in [0.15, 0.2) is 53.6 Å². The average molecular weight is 333 g/mol. The molecule has 0 aliphatic heterocycles. The highest BCUT2D eigenvalue weighted by Crippen LogP contribution is 2.16. The first-order valence-corrected chi connectivity index (χ1v) is 8.84. The van der Waals surface area contributed by atoms with Crippen molar-refractivity contribution in [2.45, 2.75) is 53.4 Å². The zero-order valence-corrected chi connectivity index (χ0v) is 15.7. The first-order valence-electron chi connectivity index (χ1n) is 8.84. The van der Waals surface area contributed by atoms with Crippen LogP contribution in [-0.4, -0.2) is 9.78 Å². The number of aryl methyl sites for hydroxylation is 2. The van der Waals surface area contributed by atoms with Gasteiger partial charge in [-0.3, -0.25) is 0 Å². The van der Waals surface area contributed by atoms with Crippen molar-refractivity contribution in [3.05, 3.63) is 70.6 Å². The van der Waals surface area contributed by atoms with Gasteiger partial charge in [0.25, 0.3) is 0 Å². The first-order chi connectivity index (χ1) is 12.0. The molecule has 3 heteroatoms. The van der Waals surface area contributed by atoms with Crippen LogP contribution in [0.25, 0.3) is 5.69 Å². The zero-order valence-electron chi connectivity index (χ0n) is 15.7. The zero-order chi connectivity index (χ0) is 18.2. The Hall–Kier alpha value is -2.60. The van der Waals surface area contributed by atoms with Crippen LogP contribution in [0.3, 0.4) is 0 Å². The minimum absolute atomic E-state index is 0.670. The Bertz CT molecular complexity index is 795. The molecule has 1 aromatic heterocycles. The average Bonchev–Trinajstić information content (AvgIpc) is 2.95. The van der Waals surface area contributed by atoms with Crippen molar-refractivity contribution in [2.75, 3.05) is 0 Å². The number of rotatable bonds is 7. The molecular weight excluding hydrogens is 306 g/mol. The highest BCUT2D eigenvalue weighted by Gasteiger charge is 2.07. The molecule has 3 nitrogen and oxygen atoms in total. The summed E-state index contributed by atoms with van der Waals surface area (Å²) in [6, 6.07) is 11.9. The lowest BCUT2D eigenvalue weighted by atomic mass is 10.1. The Morgan fingerprint density at radius 1 is 1.12 bits per heavy atom. The quantitative estimate of drug-likeness (QED) is 0.612. The highest BCUT2D eigenvalue weighted by molar-refractivity contribution is 5.40. The minimum atomic E-state index is 0.670. The molecule has 130 valence electrons. The summed E-state index contributed by atoms with van der Waals surface area (Å²) in [6.45, 7) is 8.52. The van der Waals surface area contributed by atoms with Crippen molar-refractivity contribution in [1.29, 1.82) is 5.26 Å². The molecular formula is C22H27N3. The molecule has 0 amide bonds. The van der Waals surface area contributed by atoms with Gasteiger partial charge < -0.3 is 0 Å². The second kappa shape index (κ2) is 9.03. The molecule has 0 N–H and O–H groups in total. The summed E-state index contributed by atoms with van der Waals surface area (Å²) in [5.74, 6) is 0. The lowest BCUT2D eigenvalue weighted by Crippen LogP contribution is -2.02. The van der Waals surface area contributed by atoms with Crippen molar-refractivity contribution in [1.82, 2.24) is 9.78 Å². The third-order valence-electron chi connectivity index (χ3n) is 4.13. The van der Waals surface area contributed by atoms with Gasteiger partial charge >= 0.3 is 0 Å². The first kappa shape index (κ1) is 18.7. The van der Waals surface area contributed by atoms with Crippen LogP contribution < -0.4 is 0 Å². The second-order valence-electron chi connectivity index (χ2n) is 6.76. The molecule has 0 spiro atoms. The summed E-state index contributed by atoms with van der Waals surface area (Å²) >= 11 is 0. The molecule has 0 saturated carbocycles. The van der Waals surface area contributed by atoms with Crippen LogP contribution in [0.5, 0.6) is 0 Å². The Labute approximate surface area is 151 Å². The van der Waals surface area contributed by atoms with E-state index in [1.807, 2.05) is 35.9 Å². The van der Waals surface area contributed by atoms with E-state index in [4.69, 9.17) is 5.26 Å². The molecule has 2 rings (SSSR count). The third kappa shape index (κ3) is 5.76. The molecule has 0 aliphatic carbocycles. The summed E-state index contributed by atoms with van der Waals surface area (Å²) < 4.78 is 1.99. The van der Waals surface area contributed by atoms with Crippen molar-refractivity contribution >= 4 is 0 Å². The highest BCUT2D eigenvalue weighted by atomic mass is 15.3. The largest absolute Gasteiger partial charge is 0.238 e. The van der Waals surface area contributed by atoms with Crippen molar-refractivity contribution in [2.24, 2.45) is 0 Å². The monoisotopic (exact) mass is 333 g/mol. The summed E-state index contributed by atoms with van der Waals surface area (Å²) in [5, 5.41) is 13.5. The van der Waals surface area contributed by atoms with Crippen LogP contribution >= 0.6 is 0 Å². The minimum Gasteiger partial charge on any atom is -0.238 e. The Kier molecular flexibility index (Phi) is 6.77. The molecule has 0 fully saturated rings. The fourth-order valence-electron chi connectivity index (χ4n) is 2.79. The molecule has 0 aliphatic rings.